The van der Waals surface area contributed by atoms with Gasteiger partial charge in [-0.3, -0.25) is 0 Å². The number of rotatable bonds is 0. The summed E-state index contributed by atoms with van der Waals surface area (Å²) >= 11 is 0. The predicted octanol–water partition coefficient (Wildman–Crippen LogP) is 0.777. The Morgan fingerprint density at radius 2 is 2.08 bits per heavy atom. The van der Waals surface area contributed by atoms with Crippen LogP contribution >= 0.6 is 0 Å². The molecule has 1 rings (SSSR count). The molecule has 0 aromatic rings. The van der Waals surface area contributed by atoms with Crippen LogP contribution in [0.15, 0.2) is 0 Å². The number of carbonyl (C=O) groups is 1. The third-order valence-corrected chi connectivity index (χ3v) is 2.24. The molecule has 0 aliphatic carbocycles. The molecule has 0 radical (unpaired) electrons. The summed E-state index contributed by atoms with van der Waals surface area (Å²) in [6.45, 7) is 5.33. The van der Waals surface area contributed by atoms with Crippen molar-refractivity contribution in [3.8, 4) is 0 Å². The molecule has 0 bridgehead atoms. The molecule has 1 saturated heterocycles. The zero-order valence-corrected chi connectivity index (χ0v) is 8.78. The van der Waals surface area contributed by atoms with Gasteiger partial charge in [0.1, 0.15) is 0 Å². The van der Waals surface area contributed by atoms with E-state index in [1.54, 1.807) is 19.0 Å². The van der Waals surface area contributed by atoms with Crippen LogP contribution in [-0.4, -0.2) is 55.2 Å². The molecule has 1 aliphatic rings. The highest BCUT2D eigenvalue weighted by Gasteiger charge is 2.28. The van der Waals surface area contributed by atoms with Crippen LogP contribution in [0.2, 0.25) is 0 Å². The second-order valence-corrected chi connectivity index (χ2v) is 3.82. The van der Waals surface area contributed by atoms with Gasteiger partial charge in [0.2, 0.25) is 0 Å². The third-order valence-electron chi connectivity index (χ3n) is 2.24. The van der Waals surface area contributed by atoms with Crippen LogP contribution in [-0.2, 0) is 4.74 Å². The first-order chi connectivity index (χ1) is 6.02. The number of amides is 2. The van der Waals surface area contributed by atoms with Gasteiger partial charge in [-0.1, -0.05) is 0 Å². The minimum Gasteiger partial charge on any atom is -0.375 e. The molecule has 0 aromatic heterocycles. The number of nitrogens with zero attached hydrogens (tertiary/aromatic N) is 2. The average molecular weight is 186 g/mol. The summed E-state index contributed by atoms with van der Waals surface area (Å²) in [6, 6.07) is 0.258. The van der Waals surface area contributed by atoms with Crippen molar-refractivity contribution in [2.24, 2.45) is 0 Å². The molecule has 0 saturated carbocycles. The molecule has 1 fully saturated rings. The van der Waals surface area contributed by atoms with Gasteiger partial charge in [0.05, 0.1) is 18.8 Å². The normalized spacial score (nSPS) is 28.8. The summed E-state index contributed by atoms with van der Waals surface area (Å²) in [6.07, 6.45) is 0.153. The Kier molecular flexibility index (Phi) is 3.14. The first-order valence-electron chi connectivity index (χ1n) is 4.62. The monoisotopic (exact) mass is 186 g/mol. The Labute approximate surface area is 79.4 Å². The van der Waals surface area contributed by atoms with Crippen LogP contribution in [0.25, 0.3) is 0 Å². The first kappa shape index (κ1) is 10.3. The zero-order valence-electron chi connectivity index (χ0n) is 8.78. The average Bonchev–Trinajstić information content (AvgIpc) is 2.08. The fourth-order valence-electron chi connectivity index (χ4n) is 1.43. The Morgan fingerprint density at radius 1 is 1.46 bits per heavy atom. The molecule has 0 N–H and O–H groups in total. The lowest BCUT2D eigenvalue weighted by molar-refractivity contribution is -0.0354. The molecule has 1 aliphatic heterocycles. The van der Waals surface area contributed by atoms with Gasteiger partial charge in [-0.2, -0.15) is 0 Å². The standard InChI is InChI=1S/C9H18N2O2/c1-7-6-13-8(2)5-11(7)9(12)10(3)4/h7-8H,5-6H2,1-4H3. The van der Waals surface area contributed by atoms with E-state index in [1.807, 2.05) is 18.7 Å². The van der Waals surface area contributed by atoms with Crippen LogP contribution in [0.3, 0.4) is 0 Å². The van der Waals surface area contributed by atoms with Crippen molar-refractivity contribution in [2.45, 2.75) is 26.0 Å². The van der Waals surface area contributed by atoms with E-state index in [9.17, 15) is 4.79 Å². The molecule has 13 heavy (non-hydrogen) atoms. The van der Waals surface area contributed by atoms with Gasteiger partial charge < -0.3 is 14.5 Å². The smallest absolute Gasteiger partial charge is 0.319 e. The molecule has 2 amide bonds. The van der Waals surface area contributed by atoms with E-state index < -0.39 is 0 Å². The molecule has 4 nitrogen and oxygen atoms in total. The number of hydrogen-bond acceptors (Lipinski definition) is 2. The van der Waals surface area contributed by atoms with Crippen molar-refractivity contribution < 1.29 is 9.53 Å². The molecule has 0 aromatic carbocycles. The summed E-state index contributed by atoms with van der Waals surface area (Å²) in [7, 11) is 3.55. The molecule has 0 spiro atoms. The van der Waals surface area contributed by atoms with E-state index in [1.165, 1.54) is 0 Å². The number of hydrogen-bond donors (Lipinski definition) is 0. The largest absolute Gasteiger partial charge is 0.375 e. The van der Waals surface area contributed by atoms with E-state index in [0.29, 0.717) is 13.2 Å². The van der Waals surface area contributed by atoms with Crippen LogP contribution in [0, 0.1) is 0 Å². The molecular weight excluding hydrogens is 168 g/mol. The fourth-order valence-corrected chi connectivity index (χ4v) is 1.43. The van der Waals surface area contributed by atoms with Gasteiger partial charge in [0.15, 0.2) is 0 Å². The summed E-state index contributed by atoms with van der Waals surface area (Å²) in [5.41, 5.74) is 0. The van der Waals surface area contributed by atoms with Crippen molar-refractivity contribution >= 4 is 6.03 Å². The third kappa shape index (κ3) is 2.34. The lowest BCUT2D eigenvalue weighted by atomic mass is 10.2. The van der Waals surface area contributed by atoms with Gasteiger partial charge in [0, 0.05) is 20.6 Å². The van der Waals surface area contributed by atoms with Crippen molar-refractivity contribution in [1.29, 1.82) is 0 Å². The molecule has 2 atom stereocenters. The highest BCUT2D eigenvalue weighted by atomic mass is 16.5. The van der Waals surface area contributed by atoms with E-state index in [4.69, 9.17) is 4.74 Å². The second kappa shape index (κ2) is 3.96. The van der Waals surface area contributed by atoms with Crippen LogP contribution < -0.4 is 0 Å². The first-order valence-corrected chi connectivity index (χ1v) is 4.62. The van der Waals surface area contributed by atoms with Crippen LogP contribution in [0.4, 0.5) is 4.79 Å². The highest BCUT2D eigenvalue weighted by Crippen LogP contribution is 2.12. The number of ether oxygens (including phenoxy) is 1. The predicted molar refractivity (Wildman–Crippen MR) is 50.7 cm³/mol. The summed E-state index contributed by atoms with van der Waals surface area (Å²) < 4.78 is 5.44. The van der Waals surface area contributed by atoms with Gasteiger partial charge in [-0.25, -0.2) is 4.79 Å². The molecular formula is C9H18N2O2. The SMILES string of the molecule is CC1CN(C(=O)N(C)C)C(C)CO1. The second-order valence-electron chi connectivity index (χ2n) is 3.82. The van der Waals surface area contributed by atoms with Crippen molar-refractivity contribution in [2.75, 3.05) is 27.2 Å². The molecule has 2 unspecified atom stereocenters. The van der Waals surface area contributed by atoms with Crippen molar-refractivity contribution in [3.63, 3.8) is 0 Å². The maximum Gasteiger partial charge on any atom is 0.319 e. The Balaban J connectivity index is 2.60. The Morgan fingerprint density at radius 3 is 2.62 bits per heavy atom. The lowest BCUT2D eigenvalue weighted by Gasteiger charge is -2.38. The Hall–Kier alpha value is -0.770. The van der Waals surface area contributed by atoms with E-state index in [2.05, 4.69) is 0 Å². The highest BCUT2D eigenvalue weighted by molar-refractivity contribution is 5.74. The molecule has 76 valence electrons. The zero-order chi connectivity index (χ0) is 10.0. The lowest BCUT2D eigenvalue weighted by Crippen LogP contribution is -2.53. The van der Waals surface area contributed by atoms with Crippen molar-refractivity contribution in [1.82, 2.24) is 9.80 Å². The number of carbonyl (C=O) groups excluding carboxylic acids is 1. The van der Waals surface area contributed by atoms with Gasteiger partial charge in [-0.15, -0.1) is 0 Å². The number of urea groups is 1. The van der Waals surface area contributed by atoms with E-state index >= 15 is 0 Å². The number of morpholine rings is 1. The minimum absolute atomic E-state index is 0.0719. The van der Waals surface area contributed by atoms with E-state index in [0.717, 1.165) is 0 Å². The van der Waals surface area contributed by atoms with Crippen LogP contribution in [0.5, 0.6) is 0 Å². The molecule has 1 heterocycles. The molecule has 4 heteroatoms. The van der Waals surface area contributed by atoms with Crippen molar-refractivity contribution in [3.05, 3.63) is 0 Å². The maximum absolute atomic E-state index is 11.7. The Bertz CT molecular complexity index is 194. The summed E-state index contributed by atoms with van der Waals surface area (Å²) in [5, 5.41) is 0. The van der Waals surface area contributed by atoms with E-state index in [-0.39, 0.29) is 18.2 Å². The summed E-state index contributed by atoms with van der Waals surface area (Å²) in [4.78, 5) is 15.1. The maximum atomic E-state index is 11.7. The fraction of sp³-hybridized carbons (Fsp3) is 0.889. The summed E-state index contributed by atoms with van der Waals surface area (Å²) in [5.74, 6) is 0. The topological polar surface area (TPSA) is 32.8 Å². The van der Waals surface area contributed by atoms with Gasteiger partial charge in [-0.05, 0) is 13.8 Å². The van der Waals surface area contributed by atoms with Gasteiger partial charge in [0.25, 0.3) is 0 Å². The van der Waals surface area contributed by atoms with Gasteiger partial charge >= 0.3 is 6.03 Å². The quantitative estimate of drug-likeness (QED) is 0.560. The van der Waals surface area contributed by atoms with Crippen LogP contribution in [0.1, 0.15) is 13.8 Å². The minimum atomic E-state index is 0.0719.